The van der Waals surface area contributed by atoms with Crippen molar-refractivity contribution in [3.05, 3.63) is 35.4 Å². The minimum absolute atomic E-state index is 0.756. The van der Waals surface area contributed by atoms with E-state index in [-0.39, 0.29) is 0 Å². The Kier molecular flexibility index (Phi) is 3.93. The fourth-order valence-corrected chi connectivity index (χ4v) is 4.14. The zero-order valence-electron chi connectivity index (χ0n) is 12.3. The molecule has 1 nitrogen and oxygen atoms in total. The third-order valence-corrected chi connectivity index (χ3v) is 5.39. The fourth-order valence-electron chi connectivity index (χ4n) is 4.14. The van der Waals surface area contributed by atoms with Gasteiger partial charge in [0.05, 0.1) is 0 Å². The van der Waals surface area contributed by atoms with Crippen LogP contribution in [0.5, 0.6) is 0 Å². The SMILES string of the molecule is Cc1cccc(CNC2CCC3(CCCC3)CC2)c1. The van der Waals surface area contributed by atoms with Crippen LogP contribution in [0.25, 0.3) is 0 Å². The lowest BCUT2D eigenvalue weighted by atomic mass is 9.71. The van der Waals surface area contributed by atoms with E-state index >= 15 is 0 Å². The Hall–Kier alpha value is -0.820. The number of hydrogen-bond acceptors (Lipinski definition) is 1. The first-order valence-electron chi connectivity index (χ1n) is 8.05. The first kappa shape index (κ1) is 13.2. The van der Waals surface area contributed by atoms with Gasteiger partial charge in [0.15, 0.2) is 0 Å². The van der Waals surface area contributed by atoms with Gasteiger partial charge in [0.2, 0.25) is 0 Å². The third kappa shape index (κ3) is 3.20. The number of nitrogens with one attached hydrogen (secondary N) is 1. The maximum absolute atomic E-state index is 3.77. The van der Waals surface area contributed by atoms with Crippen LogP contribution in [0.3, 0.4) is 0 Å². The van der Waals surface area contributed by atoms with Crippen molar-refractivity contribution in [2.75, 3.05) is 0 Å². The van der Waals surface area contributed by atoms with Gasteiger partial charge >= 0.3 is 0 Å². The second kappa shape index (κ2) is 5.66. The fraction of sp³-hybridized carbons (Fsp3) is 0.667. The molecule has 0 unspecified atom stereocenters. The molecule has 2 fully saturated rings. The van der Waals surface area contributed by atoms with E-state index in [1.54, 1.807) is 0 Å². The Bertz CT molecular complexity index is 407. The number of rotatable bonds is 3. The highest BCUT2D eigenvalue weighted by molar-refractivity contribution is 5.22. The van der Waals surface area contributed by atoms with Gasteiger partial charge in [-0.25, -0.2) is 0 Å². The maximum atomic E-state index is 3.77. The molecule has 104 valence electrons. The summed E-state index contributed by atoms with van der Waals surface area (Å²) in [5.41, 5.74) is 3.57. The molecule has 2 saturated carbocycles. The topological polar surface area (TPSA) is 12.0 Å². The zero-order valence-corrected chi connectivity index (χ0v) is 12.3. The zero-order chi connectivity index (χ0) is 13.1. The van der Waals surface area contributed by atoms with Crippen molar-refractivity contribution in [3.63, 3.8) is 0 Å². The van der Waals surface area contributed by atoms with E-state index in [2.05, 4.69) is 36.5 Å². The highest BCUT2D eigenvalue weighted by Gasteiger charge is 2.37. The van der Waals surface area contributed by atoms with Gasteiger partial charge in [0.25, 0.3) is 0 Å². The van der Waals surface area contributed by atoms with Gasteiger partial charge in [0.1, 0.15) is 0 Å². The van der Waals surface area contributed by atoms with E-state index < -0.39 is 0 Å². The standard InChI is InChI=1S/C18H27N/c1-15-5-4-6-16(13-15)14-19-17-7-11-18(12-8-17)9-2-3-10-18/h4-6,13,17,19H,2-3,7-12,14H2,1H3. The van der Waals surface area contributed by atoms with Crippen LogP contribution in [0.15, 0.2) is 24.3 Å². The van der Waals surface area contributed by atoms with Crippen LogP contribution in [-0.2, 0) is 6.54 Å². The van der Waals surface area contributed by atoms with Crippen LogP contribution in [0.1, 0.15) is 62.5 Å². The average Bonchev–Trinajstić information content (AvgIpc) is 2.87. The summed E-state index contributed by atoms with van der Waals surface area (Å²) in [4.78, 5) is 0. The minimum atomic E-state index is 0.756. The van der Waals surface area contributed by atoms with Crippen molar-refractivity contribution in [1.29, 1.82) is 0 Å². The van der Waals surface area contributed by atoms with Gasteiger partial charge in [-0.1, -0.05) is 42.7 Å². The van der Waals surface area contributed by atoms with Gasteiger partial charge in [-0.15, -0.1) is 0 Å². The lowest BCUT2D eigenvalue weighted by Gasteiger charge is -2.37. The molecule has 0 aliphatic heterocycles. The van der Waals surface area contributed by atoms with Crippen molar-refractivity contribution in [3.8, 4) is 0 Å². The minimum Gasteiger partial charge on any atom is -0.310 e. The summed E-state index contributed by atoms with van der Waals surface area (Å²) >= 11 is 0. The summed E-state index contributed by atoms with van der Waals surface area (Å²) in [6, 6.07) is 9.64. The first-order valence-corrected chi connectivity index (χ1v) is 8.05. The van der Waals surface area contributed by atoms with E-state index in [1.165, 1.54) is 62.5 Å². The van der Waals surface area contributed by atoms with Gasteiger partial charge in [-0.2, -0.15) is 0 Å². The predicted octanol–water partition coefficient (Wildman–Crippen LogP) is 4.59. The van der Waals surface area contributed by atoms with E-state index in [9.17, 15) is 0 Å². The molecule has 3 rings (SSSR count). The summed E-state index contributed by atoms with van der Waals surface area (Å²) < 4.78 is 0. The lowest BCUT2D eigenvalue weighted by Crippen LogP contribution is -2.36. The van der Waals surface area contributed by atoms with E-state index in [1.807, 2.05) is 0 Å². The molecule has 19 heavy (non-hydrogen) atoms. The van der Waals surface area contributed by atoms with Crippen LogP contribution in [0.4, 0.5) is 0 Å². The molecule has 1 spiro atoms. The van der Waals surface area contributed by atoms with Crippen molar-refractivity contribution in [2.24, 2.45) is 5.41 Å². The quantitative estimate of drug-likeness (QED) is 0.835. The average molecular weight is 257 g/mol. The third-order valence-electron chi connectivity index (χ3n) is 5.39. The van der Waals surface area contributed by atoms with Gasteiger partial charge < -0.3 is 5.32 Å². The molecule has 1 aromatic rings. The molecule has 0 atom stereocenters. The summed E-state index contributed by atoms with van der Waals surface area (Å²) in [7, 11) is 0. The van der Waals surface area contributed by atoms with Crippen molar-refractivity contribution in [2.45, 2.75) is 70.9 Å². The first-order chi connectivity index (χ1) is 9.26. The summed E-state index contributed by atoms with van der Waals surface area (Å²) in [5, 5.41) is 3.77. The molecule has 1 aromatic carbocycles. The van der Waals surface area contributed by atoms with Gasteiger partial charge in [-0.05, 0) is 56.4 Å². The van der Waals surface area contributed by atoms with Crippen LogP contribution in [0.2, 0.25) is 0 Å². The number of aryl methyl sites for hydroxylation is 1. The Balaban J connectivity index is 1.47. The van der Waals surface area contributed by atoms with Crippen molar-refractivity contribution in [1.82, 2.24) is 5.32 Å². The summed E-state index contributed by atoms with van der Waals surface area (Å²) in [5.74, 6) is 0. The molecule has 0 heterocycles. The largest absolute Gasteiger partial charge is 0.310 e. The Morgan fingerprint density at radius 2 is 1.84 bits per heavy atom. The molecule has 1 N–H and O–H groups in total. The van der Waals surface area contributed by atoms with E-state index in [4.69, 9.17) is 0 Å². The molecule has 0 bridgehead atoms. The monoisotopic (exact) mass is 257 g/mol. The van der Waals surface area contributed by atoms with Crippen LogP contribution in [-0.4, -0.2) is 6.04 Å². The smallest absolute Gasteiger partial charge is 0.0208 e. The lowest BCUT2D eigenvalue weighted by molar-refractivity contribution is 0.168. The highest BCUT2D eigenvalue weighted by atomic mass is 14.9. The molecule has 0 saturated heterocycles. The van der Waals surface area contributed by atoms with Crippen LogP contribution in [0, 0.1) is 12.3 Å². The predicted molar refractivity (Wildman–Crippen MR) is 81.2 cm³/mol. The Labute approximate surface area is 117 Å². The van der Waals surface area contributed by atoms with Gasteiger partial charge in [-0.3, -0.25) is 0 Å². The van der Waals surface area contributed by atoms with Gasteiger partial charge in [0, 0.05) is 12.6 Å². The van der Waals surface area contributed by atoms with Crippen molar-refractivity contribution >= 4 is 0 Å². The Morgan fingerprint density at radius 3 is 2.53 bits per heavy atom. The molecular formula is C18H27N. The second-order valence-corrected chi connectivity index (χ2v) is 6.85. The normalized spacial score (nSPS) is 23.0. The van der Waals surface area contributed by atoms with Crippen molar-refractivity contribution < 1.29 is 0 Å². The number of hydrogen-bond donors (Lipinski definition) is 1. The van der Waals surface area contributed by atoms with Crippen LogP contribution >= 0.6 is 0 Å². The molecule has 0 aromatic heterocycles. The van der Waals surface area contributed by atoms with E-state index in [0.717, 1.165) is 18.0 Å². The molecule has 2 aliphatic rings. The molecule has 0 amide bonds. The highest BCUT2D eigenvalue weighted by Crippen LogP contribution is 2.48. The van der Waals surface area contributed by atoms with E-state index in [0.29, 0.717) is 0 Å². The molecular weight excluding hydrogens is 230 g/mol. The molecule has 0 radical (unpaired) electrons. The van der Waals surface area contributed by atoms with Crippen LogP contribution < -0.4 is 5.32 Å². The summed E-state index contributed by atoms with van der Waals surface area (Å²) in [6.07, 6.45) is 11.7. The Morgan fingerprint density at radius 1 is 1.11 bits per heavy atom. The second-order valence-electron chi connectivity index (χ2n) is 6.85. The molecule has 2 aliphatic carbocycles. The maximum Gasteiger partial charge on any atom is 0.0208 e. The summed E-state index contributed by atoms with van der Waals surface area (Å²) in [6.45, 7) is 3.22. The molecule has 1 heteroatoms. The number of benzene rings is 1.